The molecule has 2 heterocycles. The van der Waals surface area contributed by atoms with Crippen molar-refractivity contribution in [1.82, 2.24) is 10.2 Å². The van der Waals surface area contributed by atoms with Crippen LogP contribution in [0, 0.1) is 0 Å². The lowest BCUT2D eigenvalue weighted by molar-refractivity contribution is 0.183. The van der Waals surface area contributed by atoms with Gasteiger partial charge in [-0.05, 0) is 25.5 Å². The minimum Gasteiger partial charge on any atom is -0.461 e. The summed E-state index contributed by atoms with van der Waals surface area (Å²) in [6, 6.07) is 9.47. The van der Waals surface area contributed by atoms with Gasteiger partial charge in [0.2, 0.25) is 0 Å². The van der Waals surface area contributed by atoms with Crippen LogP contribution >= 0.6 is 0 Å². The number of hydrogen-bond acceptors (Lipinski definition) is 4. The molecule has 6 nitrogen and oxygen atoms in total. The molecule has 1 aliphatic heterocycles. The molecule has 130 valence electrons. The van der Waals surface area contributed by atoms with E-state index < -0.39 is 9.84 Å². The van der Waals surface area contributed by atoms with Gasteiger partial charge in [0.15, 0.2) is 9.84 Å². The molecule has 1 aromatic heterocycles. The van der Waals surface area contributed by atoms with E-state index in [-0.39, 0.29) is 30.1 Å². The van der Waals surface area contributed by atoms with Crippen molar-refractivity contribution in [1.29, 1.82) is 0 Å². The Hall–Kier alpha value is -2.02. The Morgan fingerprint density at radius 1 is 1.33 bits per heavy atom. The Morgan fingerprint density at radius 2 is 2.12 bits per heavy atom. The van der Waals surface area contributed by atoms with Gasteiger partial charge >= 0.3 is 6.03 Å². The Balaban J connectivity index is 1.55. The monoisotopic (exact) mass is 350 g/mol. The predicted octanol–water partition coefficient (Wildman–Crippen LogP) is 2.19. The Morgan fingerprint density at radius 3 is 2.92 bits per heavy atom. The number of benzene rings is 1. The van der Waals surface area contributed by atoms with Crippen LogP contribution in [0.1, 0.15) is 19.1 Å². The molecule has 1 saturated heterocycles. The van der Waals surface area contributed by atoms with Gasteiger partial charge in [0.1, 0.15) is 11.3 Å². The first-order chi connectivity index (χ1) is 11.4. The quantitative estimate of drug-likeness (QED) is 0.920. The second-order valence-electron chi connectivity index (χ2n) is 6.22. The van der Waals surface area contributed by atoms with Crippen LogP contribution in [0.2, 0.25) is 0 Å². The molecule has 2 aromatic rings. The van der Waals surface area contributed by atoms with Crippen molar-refractivity contribution >= 4 is 26.8 Å². The van der Waals surface area contributed by atoms with Crippen LogP contribution < -0.4 is 5.32 Å². The van der Waals surface area contributed by atoms with Crippen LogP contribution in [0.4, 0.5) is 4.79 Å². The van der Waals surface area contributed by atoms with E-state index in [1.165, 1.54) is 0 Å². The molecule has 1 unspecified atom stereocenters. The Bertz CT molecular complexity index is 795. The average molecular weight is 350 g/mol. The Kier molecular flexibility index (Phi) is 4.80. The summed E-state index contributed by atoms with van der Waals surface area (Å²) in [5.41, 5.74) is 0.838. The summed E-state index contributed by atoms with van der Waals surface area (Å²) in [5, 5.41) is 3.91. The number of nitrogens with zero attached hydrogens (tertiary/aromatic N) is 1. The molecule has 1 aliphatic rings. The van der Waals surface area contributed by atoms with Gasteiger partial charge in [-0.3, -0.25) is 0 Å². The van der Waals surface area contributed by atoms with Crippen molar-refractivity contribution in [3.8, 4) is 0 Å². The first-order valence-electron chi connectivity index (χ1n) is 8.17. The number of rotatable bonds is 3. The highest BCUT2D eigenvalue weighted by Crippen LogP contribution is 2.19. The molecule has 1 atom stereocenters. The molecule has 1 N–H and O–H groups in total. The highest BCUT2D eigenvalue weighted by molar-refractivity contribution is 7.91. The van der Waals surface area contributed by atoms with E-state index >= 15 is 0 Å². The summed E-state index contributed by atoms with van der Waals surface area (Å²) in [7, 11) is -3.03. The first kappa shape index (κ1) is 16.8. The molecule has 0 radical (unpaired) electrons. The van der Waals surface area contributed by atoms with Crippen molar-refractivity contribution in [2.45, 2.75) is 25.8 Å². The van der Waals surface area contributed by atoms with Crippen molar-refractivity contribution < 1.29 is 17.6 Å². The number of fused-ring (bicyclic) bond motifs is 1. The zero-order valence-electron chi connectivity index (χ0n) is 13.7. The zero-order chi connectivity index (χ0) is 17.2. The van der Waals surface area contributed by atoms with Crippen molar-refractivity contribution in [2.75, 3.05) is 24.6 Å². The largest absolute Gasteiger partial charge is 0.461 e. The van der Waals surface area contributed by atoms with Crippen LogP contribution in [-0.4, -0.2) is 50.0 Å². The summed E-state index contributed by atoms with van der Waals surface area (Å²) in [6.45, 7) is 2.59. The van der Waals surface area contributed by atoms with Gasteiger partial charge in [0.05, 0.1) is 11.5 Å². The number of para-hydroxylation sites is 1. The number of sulfone groups is 1. The molecule has 0 aliphatic carbocycles. The number of carbonyl (C=O) groups excluding carboxylic acids is 1. The number of hydrogen-bond donors (Lipinski definition) is 1. The molecule has 2 amide bonds. The minimum atomic E-state index is -3.03. The lowest BCUT2D eigenvalue weighted by atomic mass is 10.2. The van der Waals surface area contributed by atoms with Gasteiger partial charge in [0.25, 0.3) is 0 Å². The number of nitrogens with one attached hydrogen (secondary N) is 1. The predicted molar refractivity (Wildman–Crippen MR) is 92.8 cm³/mol. The maximum absolute atomic E-state index is 12.3. The second kappa shape index (κ2) is 6.84. The van der Waals surface area contributed by atoms with Crippen LogP contribution in [0.3, 0.4) is 0 Å². The third-order valence-electron chi connectivity index (χ3n) is 4.41. The molecule has 0 bridgehead atoms. The van der Waals surface area contributed by atoms with E-state index in [1.54, 1.807) is 4.90 Å². The van der Waals surface area contributed by atoms with E-state index in [0.29, 0.717) is 19.4 Å². The van der Waals surface area contributed by atoms with E-state index in [1.807, 2.05) is 37.3 Å². The summed E-state index contributed by atoms with van der Waals surface area (Å²) >= 11 is 0. The molecule has 0 saturated carbocycles. The fourth-order valence-corrected chi connectivity index (χ4v) is 4.30. The third kappa shape index (κ3) is 3.90. The van der Waals surface area contributed by atoms with Gasteiger partial charge in [-0.2, -0.15) is 0 Å². The first-order valence-corrected chi connectivity index (χ1v) is 9.99. The van der Waals surface area contributed by atoms with Crippen molar-refractivity contribution in [2.24, 2.45) is 0 Å². The van der Waals surface area contributed by atoms with Crippen molar-refractivity contribution in [3.05, 3.63) is 36.1 Å². The maximum Gasteiger partial charge on any atom is 0.317 e. The number of urea groups is 1. The molecule has 1 fully saturated rings. The smallest absolute Gasteiger partial charge is 0.317 e. The van der Waals surface area contributed by atoms with Gasteiger partial charge in [0, 0.05) is 30.9 Å². The number of furan rings is 1. The zero-order valence-corrected chi connectivity index (χ0v) is 14.5. The number of amides is 2. The van der Waals surface area contributed by atoms with Crippen LogP contribution in [0.25, 0.3) is 11.0 Å². The maximum atomic E-state index is 12.3. The van der Waals surface area contributed by atoms with Crippen LogP contribution in [-0.2, 0) is 16.3 Å². The molecular weight excluding hydrogens is 328 g/mol. The SMILES string of the molecule is CC1CCS(=O)(=O)CCN1C(=O)NCCc1cc2ccccc2o1. The standard InChI is InChI=1S/C17H22N2O4S/c1-13-7-10-24(21,22)11-9-19(13)17(20)18-8-6-15-12-14-4-2-3-5-16(14)23-15/h2-5,12-13H,6-11H2,1H3,(H,18,20). The molecule has 24 heavy (non-hydrogen) atoms. The van der Waals surface area contributed by atoms with Crippen LogP contribution in [0.5, 0.6) is 0 Å². The molecular formula is C17H22N2O4S. The van der Waals surface area contributed by atoms with Crippen molar-refractivity contribution in [3.63, 3.8) is 0 Å². The van der Waals surface area contributed by atoms with Gasteiger partial charge in [-0.15, -0.1) is 0 Å². The van der Waals surface area contributed by atoms with E-state index in [4.69, 9.17) is 4.42 Å². The lowest BCUT2D eigenvalue weighted by Crippen LogP contribution is -2.46. The van der Waals surface area contributed by atoms with Gasteiger partial charge in [-0.1, -0.05) is 18.2 Å². The molecule has 1 aromatic carbocycles. The van der Waals surface area contributed by atoms with E-state index in [0.717, 1.165) is 16.7 Å². The summed E-state index contributed by atoms with van der Waals surface area (Å²) < 4.78 is 29.1. The fourth-order valence-electron chi connectivity index (χ4n) is 2.92. The highest BCUT2D eigenvalue weighted by atomic mass is 32.2. The second-order valence-corrected chi connectivity index (χ2v) is 8.52. The average Bonchev–Trinajstić information content (AvgIpc) is 2.89. The van der Waals surface area contributed by atoms with E-state index in [9.17, 15) is 13.2 Å². The van der Waals surface area contributed by atoms with E-state index in [2.05, 4.69) is 5.32 Å². The molecule has 7 heteroatoms. The van der Waals surface area contributed by atoms with Gasteiger partial charge < -0.3 is 14.6 Å². The highest BCUT2D eigenvalue weighted by Gasteiger charge is 2.27. The third-order valence-corrected chi connectivity index (χ3v) is 6.07. The number of carbonyl (C=O) groups is 1. The lowest BCUT2D eigenvalue weighted by Gasteiger charge is -2.26. The van der Waals surface area contributed by atoms with Crippen LogP contribution in [0.15, 0.2) is 34.7 Å². The molecule has 0 spiro atoms. The minimum absolute atomic E-state index is 0.0360. The summed E-state index contributed by atoms with van der Waals surface area (Å²) in [4.78, 5) is 13.9. The Labute approximate surface area is 141 Å². The summed E-state index contributed by atoms with van der Waals surface area (Å²) in [5.74, 6) is 1.01. The topological polar surface area (TPSA) is 79.6 Å². The fraction of sp³-hybridized carbons (Fsp3) is 0.471. The van der Waals surface area contributed by atoms with Gasteiger partial charge in [-0.25, -0.2) is 13.2 Å². The molecule has 3 rings (SSSR count). The normalized spacial score (nSPS) is 20.7. The summed E-state index contributed by atoms with van der Waals surface area (Å²) in [6.07, 6.45) is 1.08.